The van der Waals surface area contributed by atoms with Gasteiger partial charge in [-0.25, -0.2) is 14.5 Å². The molecule has 0 bridgehead atoms. The number of para-hydroxylation sites is 1. The molecule has 0 fully saturated rings. The molecule has 0 aliphatic rings. The summed E-state index contributed by atoms with van der Waals surface area (Å²) in [6.07, 6.45) is 5.53. The Morgan fingerprint density at radius 3 is 2.70 bits per heavy atom. The van der Waals surface area contributed by atoms with E-state index in [0.717, 1.165) is 21.8 Å². The molecule has 0 N–H and O–H groups in total. The number of aryl methyl sites for hydroxylation is 1. The second-order valence-electron chi connectivity index (χ2n) is 6.88. The summed E-state index contributed by atoms with van der Waals surface area (Å²) in [5.74, 6) is -0.422. The lowest BCUT2D eigenvalue weighted by molar-refractivity contribution is 0.0469. The Labute approximate surface area is 177 Å². The van der Waals surface area contributed by atoms with E-state index in [1.807, 2.05) is 83.7 Å². The average molecular weight is 414 g/mol. The first-order valence-electron chi connectivity index (χ1n) is 9.48. The molecule has 0 saturated carbocycles. The predicted octanol–water partition coefficient (Wildman–Crippen LogP) is 4.91. The number of benzene rings is 1. The third-order valence-corrected chi connectivity index (χ3v) is 5.66. The quantitative estimate of drug-likeness (QED) is 0.383. The number of nitrogens with zero attached hydrogens (tertiary/aromatic N) is 4. The Morgan fingerprint density at radius 1 is 1.07 bits per heavy atom. The predicted molar refractivity (Wildman–Crippen MR) is 116 cm³/mol. The third kappa shape index (κ3) is 3.40. The van der Waals surface area contributed by atoms with Gasteiger partial charge in [0.1, 0.15) is 23.5 Å². The van der Waals surface area contributed by atoms with E-state index in [-0.39, 0.29) is 6.61 Å². The van der Waals surface area contributed by atoms with Gasteiger partial charge in [0, 0.05) is 18.6 Å². The molecule has 6 nitrogen and oxygen atoms in total. The van der Waals surface area contributed by atoms with Crippen LogP contribution in [0.4, 0.5) is 0 Å². The van der Waals surface area contributed by atoms with Gasteiger partial charge in [0.05, 0.1) is 16.3 Å². The van der Waals surface area contributed by atoms with E-state index >= 15 is 0 Å². The molecule has 1 aromatic carbocycles. The highest BCUT2D eigenvalue weighted by Crippen LogP contribution is 2.28. The van der Waals surface area contributed by atoms with Crippen molar-refractivity contribution in [2.75, 3.05) is 0 Å². The molecule has 0 unspecified atom stereocenters. The van der Waals surface area contributed by atoms with Crippen LogP contribution in [0.2, 0.25) is 0 Å². The van der Waals surface area contributed by atoms with Gasteiger partial charge in [-0.2, -0.15) is 5.10 Å². The molecule has 30 heavy (non-hydrogen) atoms. The lowest BCUT2D eigenvalue weighted by atomic mass is 10.2. The second kappa shape index (κ2) is 7.61. The van der Waals surface area contributed by atoms with Crippen molar-refractivity contribution >= 4 is 23.0 Å². The van der Waals surface area contributed by atoms with E-state index in [9.17, 15) is 4.79 Å². The molecule has 4 aromatic heterocycles. The summed E-state index contributed by atoms with van der Waals surface area (Å²) in [7, 11) is 0. The van der Waals surface area contributed by atoms with Crippen LogP contribution in [0.5, 0.6) is 0 Å². The number of hydrogen-bond acceptors (Lipinski definition) is 5. The van der Waals surface area contributed by atoms with Gasteiger partial charge in [-0.1, -0.05) is 30.3 Å². The Balaban J connectivity index is 1.44. The summed E-state index contributed by atoms with van der Waals surface area (Å²) in [5, 5.41) is 6.62. The zero-order chi connectivity index (χ0) is 20.5. The molecule has 0 amide bonds. The number of esters is 1. The van der Waals surface area contributed by atoms with Crippen LogP contribution in [0, 0.1) is 6.92 Å². The Kier molecular flexibility index (Phi) is 4.65. The van der Waals surface area contributed by atoms with Gasteiger partial charge in [0.15, 0.2) is 0 Å². The second-order valence-corrected chi connectivity index (χ2v) is 7.83. The summed E-state index contributed by atoms with van der Waals surface area (Å²) < 4.78 is 9.25. The highest BCUT2D eigenvalue weighted by Gasteiger charge is 2.21. The van der Waals surface area contributed by atoms with Crippen LogP contribution in [-0.4, -0.2) is 25.1 Å². The average Bonchev–Trinajstić information content (AvgIpc) is 3.52. The first-order chi connectivity index (χ1) is 14.7. The minimum atomic E-state index is -0.422. The minimum Gasteiger partial charge on any atom is -0.455 e. The number of thiophene rings is 1. The standard InChI is InChI=1S/C23H18N4O2S/c1-16-7-5-11-26-13-17(24-22(16)26)15-29-23(28)19-14-27(18-8-3-2-4-9-18)25-21(19)20-10-6-12-30-20/h2-14H,15H2,1H3. The molecule has 7 heteroatoms. The largest absolute Gasteiger partial charge is 0.455 e. The number of fused-ring (bicyclic) bond motifs is 1. The molecule has 5 rings (SSSR count). The number of hydrogen-bond donors (Lipinski definition) is 0. The molecule has 0 spiro atoms. The Morgan fingerprint density at radius 2 is 1.93 bits per heavy atom. The first-order valence-corrected chi connectivity index (χ1v) is 10.4. The van der Waals surface area contributed by atoms with Crippen molar-refractivity contribution in [2.24, 2.45) is 0 Å². The van der Waals surface area contributed by atoms with Crippen molar-refractivity contribution in [1.82, 2.24) is 19.2 Å². The van der Waals surface area contributed by atoms with E-state index in [4.69, 9.17) is 4.74 Å². The van der Waals surface area contributed by atoms with Crippen molar-refractivity contribution < 1.29 is 9.53 Å². The molecule has 0 aliphatic heterocycles. The maximum Gasteiger partial charge on any atom is 0.342 e. The van der Waals surface area contributed by atoms with Gasteiger partial charge < -0.3 is 9.14 Å². The van der Waals surface area contributed by atoms with Crippen molar-refractivity contribution in [3.05, 3.63) is 95.4 Å². The van der Waals surface area contributed by atoms with Crippen molar-refractivity contribution in [1.29, 1.82) is 0 Å². The molecule has 0 saturated heterocycles. The molecule has 5 aromatic rings. The number of imidazole rings is 1. The number of aromatic nitrogens is 4. The van der Waals surface area contributed by atoms with Crippen LogP contribution in [0.25, 0.3) is 21.9 Å². The zero-order valence-electron chi connectivity index (χ0n) is 16.2. The minimum absolute atomic E-state index is 0.0976. The normalized spacial score (nSPS) is 11.1. The van der Waals surface area contributed by atoms with Crippen LogP contribution in [0.1, 0.15) is 21.6 Å². The highest BCUT2D eigenvalue weighted by molar-refractivity contribution is 7.13. The van der Waals surface area contributed by atoms with E-state index in [1.165, 1.54) is 11.3 Å². The van der Waals surface area contributed by atoms with Crippen LogP contribution >= 0.6 is 11.3 Å². The van der Waals surface area contributed by atoms with E-state index < -0.39 is 5.97 Å². The van der Waals surface area contributed by atoms with Gasteiger partial charge >= 0.3 is 5.97 Å². The van der Waals surface area contributed by atoms with E-state index in [1.54, 1.807) is 10.9 Å². The maximum absolute atomic E-state index is 13.0. The molecule has 0 radical (unpaired) electrons. The zero-order valence-corrected chi connectivity index (χ0v) is 17.0. The number of carbonyl (C=O) groups is 1. The fraction of sp³-hybridized carbons (Fsp3) is 0.0870. The van der Waals surface area contributed by atoms with Crippen LogP contribution in [-0.2, 0) is 11.3 Å². The fourth-order valence-electron chi connectivity index (χ4n) is 3.32. The topological polar surface area (TPSA) is 61.4 Å². The third-order valence-electron chi connectivity index (χ3n) is 4.79. The van der Waals surface area contributed by atoms with Gasteiger partial charge in [0.2, 0.25) is 0 Å². The maximum atomic E-state index is 13.0. The SMILES string of the molecule is Cc1cccn2cc(COC(=O)c3cn(-c4ccccc4)nc3-c3cccs3)nc12. The number of carbonyl (C=O) groups excluding carboxylic acids is 1. The lowest BCUT2D eigenvalue weighted by Gasteiger charge is -2.02. The van der Waals surface area contributed by atoms with E-state index in [0.29, 0.717) is 17.0 Å². The summed E-state index contributed by atoms with van der Waals surface area (Å²) in [6, 6.07) is 17.6. The van der Waals surface area contributed by atoms with Crippen molar-refractivity contribution in [3.63, 3.8) is 0 Å². The van der Waals surface area contributed by atoms with Gasteiger partial charge in [-0.05, 0) is 42.1 Å². The molecule has 148 valence electrons. The number of rotatable bonds is 5. The molecule has 0 aliphatic carbocycles. The smallest absolute Gasteiger partial charge is 0.342 e. The van der Waals surface area contributed by atoms with Crippen LogP contribution < -0.4 is 0 Å². The molecular formula is C23H18N4O2S. The number of pyridine rings is 1. The van der Waals surface area contributed by atoms with Gasteiger partial charge in [-0.15, -0.1) is 11.3 Å². The fourth-order valence-corrected chi connectivity index (χ4v) is 4.05. The summed E-state index contributed by atoms with van der Waals surface area (Å²) in [4.78, 5) is 18.4. The highest BCUT2D eigenvalue weighted by atomic mass is 32.1. The first kappa shape index (κ1) is 18.3. The lowest BCUT2D eigenvalue weighted by Crippen LogP contribution is -2.06. The molecule has 0 atom stereocenters. The summed E-state index contributed by atoms with van der Waals surface area (Å²) in [6.45, 7) is 2.10. The van der Waals surface area contributed by atoms with E-state index in [2.05, 4.69) is 10.1 Å². The van der Waals surface area contributed by atoms with Gasteiger partial charge in [-0.3, -0.25) is 0 Å². The van der Waals surface area contributed by atoms with Crippen LogP contribution in [0.3, 0.4) is 0 Å². The van der Waals surface area contributed by atoms with Crippen molar-refractivity contribution in [2.45, 2.75) is 13.5 Å². The Bertz CT molecular complexity index is 1320. The monoisotopic (exact) mass is 414 g/mol. The summed E-state index contributed by atoms with van der Waals surface area (Å²) in [5.41, 5.74) is 4.56. The molecule has 4 heterocycles. The number of ether oxygens (including phenoxy) is 1. The summed E-state index contributed by atoms with van der Waals surface area (Å²) >= 11 is 1.54. The van der Waals surface area contributed by atoms with Crippen molar-refractivity contribution in [3.8, 4) is 16.3 Å². The molecular weight excluding hydrogens is 396 g/mol. The van der Waals surface area contributed by atoms with Gasteiger partial charge in [0.25, 0.3) is 0 Å². The van der Waals surface area contributed by atoms with Crippen LogP contribution in [0.15, 0.2) is 78.6 Å². The Hall–Kier alpha value is -3.71.